The van der Waals surface area contributed by atoms with Crippen molar-refractivity contribution in [1.82, 2.24) is 5.32 Å². The fraction of sp³-hybridized carbons (Fsp3) is 0.333. The normalized spacial score (nSPS) is 12.2. The third-order valence-electron chi connectivity index (χ3n) is 3.19. The topological polar surface area (TPSA) is 43.6 Å². The number of rotatable bonds is 6. The highest BCUT2D eigenvalue weighted by Gasteiger charge is 2.24. The van der Waals surface area contributed by atoms with E-state index < -0.39 is 0 Å². The van der Waals surface area contributed by atoms with Crippen LogP contribution >= 0.6 is 27.5 Å². The second kappa shape index (κ2) is 7.20. The minimum absolute atomic E-state index is 0.0959. The first-order valence-electron chi connectivity index (χ1n) is 6.50. The van der Waals surface area contributed by atoms with Gasteiger partial charge in [-0.1, -0.05) is 18.5 Å². The van der Waals surface area contributed by atoms with Crippen molar-refractivity contribution < 1.29 is 13.9 Å². The van der Waals surface area contributed by atoms with Crippen LogP contribution in [0.3, 0.4) is 0 Å². The van der Waals surface area contributed by atoms with Crippen molar-refractivity contribution in [3.05, 3.63) is 45.3 Å². The highest BCUT2D eigenvalue weighted by Crippen LogP contribution is 2.42. The summed E-state index contributed by atoms with van der Waals surface area (Å²) in [6.07, 6.45) is 1.64. The minimum atomic E-state index is -0.0959. The Morgan fingerprint density at radius 3 is 2.52 bits per heavy atom. The van der Waals surface area contributed by atoms with E-state index >= 15 is 0 Å². The van der Waals surface area contributed by atoms with Gasteiger partial charge in [0.2, 0.25) is 0 Å². The van der Waals surface area contributed by atoms with Gasteiger partial charge in [-0.25, -0.2) is 0 Å². The van der Waals surface area contributed by atoms with E-state index in [0.29, 0.717) is 21.2 Å². The van der Waals surface area contributed by atoms with E-state index in [1.807, 2.05) is 25.1 Å². The van der Waals surface area contributed by atoms with Gasteiger partial charge in [0.05, 0.1) is 26.5 Å². The molecule has 21 heavy (non-hydrogen) atoms. The Hall–Kier alpha value is -1.17. The maximum absolute atomic E-state index is 6.35. The molecule has 0 saturated heterocycles. The second-order valence-electron chi connectivity index (χ2n) is 4.34. The minimum Gasteiger partial charge on any atom is -0.495 e. The second-order valence-corrected chi connectivity index (χ2v) is 5.44. The Labute approximate surface area is 137 Å². The third-order valence-corrected chi connectivity index (χ3v) is 4.20. The van der Waals surface area contributed by atoms with Gasteiger partial charge >= 0.3 is 0 Å². The Morgan fingerprint density at radius 2 is 2.00 bits per heavy atom. The van der Waals surface area contributed by atoms with Gasteiger partial charge in [0, 0.05) is 11.1 Å². The molecule has 0 aliphatic rings. The monoisotopic (exact) mass is 373 g/mol. The summed E-state index contributed by atoms with van der Waals surface area (Å²) in [5, 5.41) is 3.87. The number of ether oxygens (including phenoxy) is 2. The average Bonchev–Trinajstić information content (AvgIpc) is 2.90. The van der Waals surface area contributed by atoms with Gasteiger partial charge in [0.25, 0.3) is 0 Å². The van der Waals surface area contributed by atoms with Gasteiger partial charge in [-0.15, -0.1) is 0 Å². The number of hydrogen-bond acceptors (Lipinski definition) is 4. The summed E-state index contributed by atoms with van der Waals surface area (Å²) >= 11 is 9.77. The Kier molecular flexibility index (Phi) is 5.56. The molecule has 1 unspecified atom stereocenters. The van der Waals surface area contributed by atoms with Crippen molar-refractivity contribution in [2.45, 2.75) is 13.0 Å². The lowest BCUT2D eigenvalue weighted by Gasteiger charge is -2.21. The standard InChI is InChI=1S/C15H17BrClNO3/c1-4-18-13(10-7-8-21-15(10)16)9-5-6-11(19-2)12(17)14(9)20-3/h5-8,13,18H,4H2,1-3H3. The number of furan rings is 1. The van der Waals surface area contributed by atoms with Crippen LogP contribution in [0.5, 0.6) is 11.5 Å². The van der Waals surface area contributed by atoms with E-state index in [1.54, 1.807) is 20.5 Å². The van der Waals surface area contributed by atoms with Gasteiger partial charge in [0.1, 0.15) is 16.5 Å². The lowest BCUT2D eigenvalue weighted by atomic mass is 9.99. The van der Waals surface area contributed by atoms with Crippen molar-refractivity contribution >= 4 is 27.5 Å². The molecule has 4 nitrogen and oxygen atoms in total. The Balaban J connectivity index is 2.55. The van der Waals surface area contributed by atoms with Crippen LogP contribution in [-0.2, 0) is 0 Å². The molecule has 0 aliphatic carbocycles. The number of methoxy groups -OCH3 is 2. The molecule has 1 atom stereocenters. The van der Waals surface area contributed by atoms with Crippen molar-refractivity contribution in [2.24, 2.45) is 0 Å². The van der Waals surface area contributed by atoms with Crippen LogP contribution in [0.15, 0.2) is 33.5 Å². The predicted molar refractivity (Wildman–Crippen MR) is 86.5 cm³/mol. The summed E-state index contributed by atoms with van der Waals surface area (Å²) in [6, 6.07) is 5.59. The summed E-state index contributed by atoms with van der Waals surface area (Å²) < 4.78 is 16.7. The Morgan fingerprint density at radius 1 is 1.24 bits per heavy atom. The maximum atomic E-state index is 6.35. The highest BCUT2D eigenvalue weighted by atomic mass is 79.9. The number of hydrogen-bond donors (Lipinski definition) is 1. The molecule has 1 N–H and O–H groups in total. The summed E-state index contributed by atoms with van der Waals surface area (Å²) in [5.41, 5.74) is 1.91. The molecule has 0 bridgehead atoms. The summed E-state index contributed by atoms with van der Waals surface area (Å²) in [5.74, 6) is 1.17. The van der Waals surface area contributed by atoms with Crippen molar-refractivity contribution in [2.75, 3.05) is 20.8 Å². The molecule has 0 saturated carbocycles. The molecule has 2 aromatic rings. The molecule has 6 heteroatoms. The van der Waals surface area contributed by atoms with Crippen molar-refractivity contribution in [3.8, 4) is 11.5 Å². The van der Waals surface area contributed by atoms with Crippen LogP contribution in [-0.4, -0.2) is 20.8 Å². The molecular weight excluding hydrogens is 358 g/mol. The van der Waals surface area contributed by atoms with E-state index in [1.165, 1.54) is 0 Å². The molecular formula is C15H17BrClNO3. The first-order valence-corrected chi connectivity index (χ1v) is 7.67. The van der Waals surface area contributed by atoms with Gasteiger partial charge in [0.15, 0.2) is 4.67 Å². The highest BCUT2D eigenvalue weighted by molar-refractivity contribution is 9.10. The van der Waals surface area contributed by atoms with Crippen LogP contribution in [0.25, 0.3) is 0 Å². The molecule has 1 heterocycles. The first kappa shape index (κ1) is 16.2. The third kappa shape index (κ3) is 3.20. The molecule has 0 fully saturated rings. The zero-order valence-electron chi connectivity index (χ0n) is 12.1. The van der Waals surface area contributed by atoms with E-state index in [-0.39, 0.29) is 6.04 Å². The fourth-order valence-electron chi connectivity index (χ4n) is 2.25. The number of halogens is 2. The van der Waals surface area contributed by atoms with E-state index in [0.717, 1.165) is 17.7 Å². The van der Waals surface area contributed by atoms with Gasteiger partial charge in [-0.05, 0) is 40.7 Å². The zero-order valence-corrected chi connectivity index (χ0v) is 14.4. The average molecular weight is 375 g/mol. The van der Waals surface area contributed by atoms with Crippen LogP contribution in [0, 0.1) is 0 Å². The van der Waals surface area contributed by atoms with Gasteiger partial charge in [-0.2, -0.15) is 0 Å². The summed E-state index contributed by atoms with van der Waals surface area (Å²) in [6.45, 7) is 2.83. The summed E-state index contributed by atoms with van der Waals surface area (Å²) in [7, 11) is 3.17. The maximum Gasteiger partial charge on any atom is 0.174 e. The quantitative estimate of drug-likeness (QED) is 0.813. The lowest BCUT2D eigenvalue weighted by Crippen LogP contribution is -2.22. The molecule has 0 amide bonds. The lowest BCUT2D eigenvalue weighted by molar-refractivity contribution is 0.388. The number of benzene rings is 1. The first-order chi connectivity index (χ1) is 10.1. The van der Waals surface area contributed by atoms with Gasteiger partial charge in [-0.3, -0.25) is 0 Å². The molecule has 0 radical (unpaired) electrons. The fourth-order valence-corrected chi connectivity index (χ4v) is 3.04. The summed E-state index contributed by atoms with van der Waals surface area (Å²) in [4.78, 5) is 0. The van der Waals surface area contributed by atoms with Gasteiger partial charge < -0.3 is 19.2 Å². The molecule has 0 spiro atoms. The van der Waals surface area contributed by atoms with Crippen LogP contribution < -0.4 is 14.8 Å². The van der Waals surface area contributed by atoms with E-state index in [9.17, 15) is 0 Å². The van der Waals surface area contributed by atoms with Crippen molar-refractivity contribution in [1.29, 1.82) is 0 Å². The van der Waals surface area contributed by atoms with Crippen LogP contribution in [0.2, 0.25) is 5.02 Å². The van der Waals surface area contributed by atoms with Crippen LogP contribution in [0.1, 0.15) is 24.1 Å². The Bertz CT molecular complexity index is 615. The van der Waals surface area contributed by atoms with E-state index in [4.69, 9.17) is 25.5 Å². The SMILES string of the molecule is CCNC(c1ccoc1Br)c1ccc(OC)c(Cl)c1OC. The molecule has 2 rings (SSSR count). The molecule has 114 valence electrons. The number of nitrogens with one attached hydrogen (secondary N) is 1. The predicted octanol–water partition coefficient (Wildman–Crippen LogP) is 4.41. The molecule has 1 aromatic carbocycles. The van der Waals surface area contributed by atoms with E-state index in [2.05, 4.69) is 21.2 Å². The molecule has 1 aromatic heterocycles. The largest absolute Gasteiger partial charge is 0.495 e. The zero-order chi connectivity index (χ0) is 15.4. The van der Waals surface area contributed by atoms with Crippen LogP contribution in [0.4, 0.5) is 0 Å². The smallest absolute Gasteiger partial charge is 0.174 e. The molecule has 0 aliphatic heterocycles. The van der Waals surface area contributed by atoms with Crippen molar-refractivity contribution in [3.63, 3.8) is 0 Å².